The third-order valence-electron chi connectivity index (χ3n) is 3.20. The molecule has 0 aromatic rings. The third kappa shape index (κ3) is 6.25. The summed E-state index contributed by atoms with van der Waals surface area (Å²) in [4.78, 5) is 24.7. The molecule has 0 spiro atoms. The van der Waals surface area contributed by atoms with Crippen LogP contribution in [0.15, 0.2) is 0 Å². The Morgan fingerprint density at radius 2 is 1.95 bits per heavy atom. The van der Waals surface area contributed by atoms with Gasteiger partial charge in [-0.2, -0.15) is 0 Å². The van der Waals surface area contributed by atoms with Gasteiger partial charge in [-0.1, -0.05) is 19.8 Å². The number of amides is 1. The van der Waals surface area contributed by atoms with Crippen molar-refractivity contribution in [1.82, 2.24) is 10.2 Å². The number of terminal acetylenes is 1. The molecule has 0 aliphatic rings. The topological polar surface area (TPSA) is 58.6 Å². The second-order valence-corrected chi connectivity index (χ2v) is 4.55. The van der Waals surface area contributed by atoms with Crippen LogP contribution in [0.5, 0.6) is 0 Å². The fraction of sp³-hybridized carbons (Fsp3) is 0.714. The predicted molar refractivity (Wildman–Crippen MR) is 74.4 cm³/mol. The maximum atomic E-state index is 11.9. The van der Waals surface area contributed by atoms with E-state index in [0.29, 0.717) is 19.4 Å². The summed E-state index contributed by atoms with van der Waals surface area (Å²) in [7, 11) is 3.12. The molecule has 0 atom stereocenters. The molecular formula is C14H24N2O3. The minimum absolute atomic E-state index is 0.131. The second kappa shape index (κ2) is 8.54. The summed E-state index contributed by atoms with van der Waals surface area (Å²) in [6.07, 6.45) is 7.13. The van der Waals surface area contributed by atoms with Crippen LogP contribution in [0, 0.1) is 12.3 Å². The smallest absolute Gasteiger partial charge is 0.306 e. The summed E-state index contributed by atoms with van der Waals surface area (Å²) >= 11 is 0. The second-order valence-electron chi connectivity index (χ2n) is 4.55. The number of methoxy groups -OCH3 is 1. The number of hydrogen-bond acceptors (Lipinski definition) is 4. The lowest BCUT2D eigenvalue weighted by atomic mass is 9.94. The molecule has 0 radical (unpaired) electrons. The highest BCUT2D eigenvalue weighted by Gasteiger charge is 2.25. The molecular weight excluding hydrogens is 244 g/mol. The summed E-state index contributed by atoms with van der Waals surface area (Å²) in [5.41, 5.74) is -0.569. The Kier molecular flexibility index (Phi) is 7.85. The number of hydrogen-bond donors (Lipinski definition) is 1. The molecule has 1 amide bonds. The van der Waals surface area contributed by atoms with E-state index in [2.05, 4.69) is 16.0 Å². The van der Waals surface area contributed by atoms with Gasteiger partial charge in [0.2, 0.25) is 5.91 Å². The summed E-state index contributed by atoms with van der Waals surface area (Å²) in [6.45, 7) is 4.58. The normalized spacial score (nSPS) is 10.9. The lowest BCUT2D eigenvalue weighted by Gasteiger charge is -2.28. The Morgan fingerprint density at radius 1 is 1.37 bits per heavy atom. The van der Waals surface area contributed by atoms with E-state index in [9.17, 15) is 9.59 Å². The van der Waals surface area contributed by atoms with E-state index in [1.54, 1.807) is 11.9 Å². The molecule has 0 unspecified atom stereocenters. The predicted octanol–water partition coefficient (Wildman–Crippen LogP) is 0.790. The molecule has 0 aromatic heterocycles. The van der Waals surface area contributed by atoms with Gasteiger partial charge < -0.3 is 10.1 Å². The lowest BCUT2D eigenvalue weighted by molar-refractivity contribution is -0.141. The minimum atomic E-state index is -0.569. The molecule has 0 aromatic carbocycles. The quantitative estimate of drug-likeness (QED) is 0.522. The number of carbonyl (C=O) groups excluding carboxylic acids is 2. The maximum Gasteiger partial charge on any atom is 0.306 e. The van der Waals surface area contributed by atoms with Crippen molar-refractivity contribution in [3.63, 3.8) is 0 Å². The summed E-state index contributed by atoms with van der Waals surface area (Å²) in [6, 6.07) is 0. The van der Waals surface area contributed by atoms with Crippen LogP contribution in [0.1, 0.15) is 33.1 Å². The average Bonchev–Trinajstić information content (AvgIpc) is 2.42. The molecule has 5 nitrogen and oxygen atoms in total. The first-order valence-corrected chi connectivity index (χ1v) is 6.47. The minimum Gasteiger partial charge on any atom is -0.469 e. The number of ether oxygens (including phenoxy) is 1. The van der Waals surface area contributed by atoms with Gasteiger partial charge >= 0.3 is 5.97 Å². The number of rotatable bonds is 8. The highest BCUT2D eigenvalue weighted by molar-refractivity contribution is 5.79. The van der Waals surface area contributed by atoms with Gasteiger partial charge in [0, 0.05) is 6.54 Å². The monoisotopic (exact) mass is 268 g/mol. The van der Waals surface area contributed by atoms with Crippen molar-refractivity contribution < 1.29 is 14.3 Å². The van der Waals surface area contributed by atoms with Crippen molar-refractivity contribution in [1.29, 1.82) is 0 Å². The van der Waals surface area contributed by atoms with Gasteiger partial charge in [0.1, 0.15) is 5.54 Å². The van der Waals surface area contributed by atoms with E-state index in [-0.39, 0.29) is 24.8 Å². The molecule has 108 valence electrons. The Hall–Kier alpha value is -1.54. The van der Waals surface area contributed by atoms with Crippen molar-refractivity contribution in [2.45, 2.75) is 38.6 Å². The van der Waals surface area contributed by atoms with E-state index in [0.717, 1.165) is 0 Å². The van der Waals surface area contributed by atoms with Crippen LogP contribution in [0.2, 0.25) is 0 Å². The fourth-order valence-electron chi connectivity index (χ4n) is 1.68. The largest absolute Gasteiger partial charge is 0.469 e. The van der Waals surface area contributed by atoms with Gasteiger partial charge in [-0.3, -0.25) is 14.5 Å². The van der Waals surface area contributed by atoms with Gasteiger partial charge in [0.05, 0.1) is 20.1 Å². The Labute approximate surface area is 115 Å². The van der Waals surface area contributed by atoms with Crippen LogP contribution in [0.25, 0.3) is 0 Å². The standard InChI is InChI=1S/C14H24N2O3/c1-6-14(7-2,8-3)15-12(17)11-16(4)10-9-13(18)19-5/h1H,7-11H2,2-5H3,(H,15,17). The summed E-state index contributed by atoms with van der Waals surface area (Å²) in [5.74, 6) is 2.24. The average molecular weight is 268 g/mol. The van der Waals surface area contributed by atoms with Crippen molar-refractivity contribution in [2.75, 3.05) is 27.2 Å². The van der Waals surface area contributed by atoms with E-state index < -0.39 is 5.54 Å². The highest BCUT2D eigenvalue weighted by Crippen LogP contribution is 2.13. The molecule has 5 heteroatoms. The number of carbonyl (C=O) groups is 2. The third-order valence-corrected chi connectivity index (χ3v) is 3.20. The highest BCUT2D eigenvalue weighted by atomic mass is 16.5. The molecule has 19 heavy (non-hydrogen) atoms. The SMILES string of the molecule is C#CC(CC)(CC)NC(=O)CN(C)CCC(=O)OC. The van der Waals surface area contributed by atoms with E-state index in [1.807, 2.05) is 13.8 Å². The van der Waals surface area contributed by atoms with E-state index in [1.165, 1.54) is 7.11 Å². The molecule has 0 heterocycles. The van der Waals surface area contributed by atoms with Crippen LogP contribution in [0.4, 0.5) is 0 Å². The summed E-state index contributed by atoms with van der Waals surface area (Å²) in [5, 5.41) is 2.88. The number of likely N-dealkylation sites (N-methyl/N-ethyl adjacent to an activating group) is 1. The molecule has 0 bridgehead atoms. The van der Waals surface area contributed by atoms with Crippen LogP contribution in [-0.2, 0) is 14.3 Å². The van der Waals surface area contributed by atoms with Crippen LogP contribution in [-0.4, -0.2) is 49.6 Å². The molecule has 0 aliphatic heterocycles. The van der Waals surface area contributed by atoms with Gasteiger partial charge in [-0.15, -0.1) is 6.42 Å². The van der Waals surface area contributed by atoms with Crippen molar-refractivity contribution in [2.24, 2.45) is 0 Å². The maximum absolute atomic E-state index is 11.9. The first-order chi connectivity index (χ1) is 8.92. The number of nitrogens with one attached hydrogen (secondary N) is 1. The zero-order valence-corrected chi connectivity index (χ0v) is 12.3. The van der Waals surface area contributed by atoms with Crippen molar-refractivity contribution in [3.05, 3.63) is 0 Å². The van der Waals surface area contributed by atoms with Crippen molar-refractivity contribution >= 4 is 11.9 Å². The van der Waals surface area contributed by atoms with Crippen LogP contribution < -0.4 is 5.32 Å². The number of nitrogens with zero attached hydrogens (tertiary/aromatic N) is 1. The fourth-order valence-corrected chi connectivity index (χ4v) is 1.68. The zero-order valence-electron chi connectivity index (χ0n) is 12.3. The zero-order chi connectivity index (χ0) is 14.9. The van der Waals surface area contributed by atoms with Gasteiger partial charge in [-0.25, -0.2) is 0 Å². The number of esters is 1. The summed E-state index contributed by atoms with van der Waals surface area (Å²) < 4.78 is 4.55. The van der Waals surface area contributed by atoms with E-state index in [4.69, 9.17) is 6.42 Å². The first-order valence-electron chi connectivity index (χ1n) is 6.47. The Bertz CT molecular complexity index is 343. The Balaban J connectivity index is 4.24. The lowest BCUT2D eigenvalue weighted by Crippen LogP contribution is -2.49. The molecule has 0 rings (SSSR count). The van der Waals surface area contributed by atoms with Gasteiger partial charge in [0.15, 0.2) is 0 Å². The Morgan fingerprint density at radius 3 is 2.37 bits per heavy atom. The molecule has 1 N–H and O–H groups in total. The van der Waals surface area contributed by atoms with Gasteiger partial charge in [0.25, 0.3) is 0 Å². The first kappa shape index (κ1) is 17.5. The van der Waals surface area contributed by atoms with Crippen LogP contribution >= 0.6 is 0 Å². The van der Waals surface area contributed by atoms with E-state index >= 15 is 0 Å². The van der Waals surface area contributed by atoms with Crippen LogP contribution in [0.3, 0.4) is 0 Å². The molecule has 0 saturated heterocycles. The molecule has 0 fully saturated rings. The molecule has 0 aliphatic carbocycles. The van der Waals surface area contributed by atoms with Gasteiger partial charge in [-0.05, 0) is 19.9 Å². The van der Waals surface area contributed by atoms with Crippen molar-refractivity contribution in [3.8, 4) is 12.3 Å². The molecule has 0 saturated carbocycles.